The van der Waals surface area contributed by atoms with E-state index in [-0.39, 0.29) is 42.4 Å². The molecule has 2 aromatic heterocycles. The molecule has 1 aliphatic heterocycles. The Morgan fingerprint density at radius 2 is 1.56 bits per heavy atom. The normalized spacial score (nSPS) is 22.5. The molecule has 1 aliphatic rings. The van der Waals surface area contributed by atoms with Crippen LogP contribution >= 0.6 is 22.7 Å². The Hall–Kier alpha value is -4.21. The summed E-state index contributed by atoms with van der Waals surface area (Å²) in [6.45, 7) is 11.9. The first-order valence-corrected chi connectivity index (χ1v) is 18.6. The lowest BCUT2D eigenvalue weighted by Crippen LogP contribution is -2.57. The van der Waals surface area contributed by atoms with E-state index in [1.807, 2.05) is 40.6 Å². The highest BCUT2D eigenvalue weighted by molar-refractivity contribution is 7.10. The molecule has 50 heavy (non-hydrogen) atoms. The molecule has 4 atom stereocenters. The lowest BCUT2D eigenvalue weighted by atomic mass is 10.0. The molecule has 3 heterocycles. The zero-order valence-electron chi connectivity index (χ0n) is 29.7. The molecule has 270 valence electrons. The van der Waals surface area contributed by atoms with Gasteiger partial charge in [-0.25, -0.2) is 9.97 Å². The number of carbonyl (C=O) groups excluding carboxylic acids is 5. The van der Waals surface area contributed by atoms with Crippen molar-refractivity contribution in [2.24, 2.45) is 5.92 Å². The third kappa shape index (κ3) is 10.6. The Labute approximate surface area is 301 Å². The van der Waals surface area contributed by atoms with Gasteiger partial charge in [-0.2, -0.15) is 0 Å². The predicted molar refractivity (Wildman–Crippen MR) is 194 cm³/mol. The monoisotopic (exact) mass is 724 g/mol. The average molecular weight is 725 g/mol. The first-order chi connectivity index (χ1) is 23.7. The number of fused-ring (bicyclic) bond motifs is 2. The predicted octanol–water partition coefficient (Wildman–Crippen LogP) is 2.86. The molecular weight excluding hydrogens is 677 g/mol. The smallest absolute Gasteiger partial charge is 0.271 e. The fourth-order valence-electron chi connectivity index (χ4n) is 5.36. The van der Waals surface area contributed by atoms with Crippen LogP contribution in [0.4, 0.5) is 0 Å². The topological polar surface area (TPSA) is 166 Å². The summed E-state index contributed by atoms with van der Waals surface area (Å²) in [5.74, 6) is -2.23. The van der Waals surface area contributed by atoms with E-state index in [0.717, 1.165) is 16.3 Å². The highest BCUT2D eigenvalue weighted by Crippen LogP contribution is 2.24. The summed E-state index contributed by atoms with van der Waals surface area (Å²) in [5.41, 5.74) is 2.07. The molecule has 4 N–H and O–H groups in total. The third-order valence-electron chi connectivity index (χ3n) is 8.40. The molecule has 13 nitrogen and oxygen atoms in total. The van der Waals surface area contributed by atoms with Crippen LogP contribution in [0.2, 0.25) is 0 Å². The van der Waals surface area contributed by atoms with Crippen LogP contribution in [-0.2, 0) is 32.1 Å². The number of carbonyl (C=O) groups is 5. The molecule has 4 rings (SSSR count). The van der Waals surface area contributed by atoms with Gasteiger partial charge in [0, 0.05) is 30.9 Å². The highest BCUT2D eigenvalue weighted by atomic mass is 32.1. The number of likely N-dealkylation sites (N-methyl/N-ethyl adjacent to an activating group) is 1. The van der Waals surface area contributed by atoms with E-state index < -0.39 is 41.9 Å². The molecule has 0 fully saturated rings. The zero-order chi connectivity index (χ0) is 36.5. The van der Waals surface area contributed by atoms with Crippen molar-refractivity contribution >= 4 is 52.2 Å². The summed E-state index contributed by atoms with van der Waals surface area (Å²) >= 11 is 2.78. The van der Waals surface area contributed by atoms with Gasteiger partial charge in [-0.3, -0.25) is 28.9 Å². The molecule has 1 aromatic carbocycles. The molecule has 0 spiro atoms. The van der Waals surface area contributed by atoms with Gasteiger partial charge < -0.3 is 26.2 Å². The van der Waals surface area contributed by atoms with Gasteiger partial charge in [0.1, 0.15) is 33.8 Å². The van der Waals surface area contributed by atoms with E-state index in [9.17, 15) is 24.0 Å². The standard InChI is InChI=1S/C35H48N8O5S2/c1-20(2)26-18-49-29(39-26)17-43-14-13-42(7)35(48)23(6)37-33(47)30(21(3)4)41-31(45)22(5)36-32(46)27-19-50-34(40-27)25(38-28(44)16-43)15-24-11-9-8-10-12-24/h8-12,18-23,25,30H,13-17H2,1-7H3,(H,36,46)(H,37,47)(H,38,44)(H,41,45)/t22-,23+,25-,30-/m0/s1. The zero-order valence-corrected chi connectivity index (χ0v) is 31.3. The molecule has 0 aliphatic carbocycles. The Kier molecular flexibility index (Phi) is 13.6. The van der Waals surface area contributed by atoms with E-state index in [0.29, 0.717) is 24.5 Å². The summed E-state index contributed by atoms with van der Waals surface area (Å²) in [6.07, 6.45) is 0.441. The van der Waals surface area contributed by atoms with Gasteiger partial charge >= 0.3 is 0 Å². The van der Waals surface area contributed by atoms with Crippen LogP contribution in [0.5, 0.6) is 0 Å². The number of hydrogen-bond acceptors (Lipinski definition) is 10. The molecule has 2 bridgehead atoms. The number of amides is 5. The van der Waals surface area contributed by atoms with Gasteiger partial charge in [-0.05, 0) is 37.7 Å². The Morgan fingerprint density at radius 3 is 2.22 bits per heavy atom. The van der Waals surface area contributed by atoms with Gasteiger partial charge in [0.2, 0.25) is 23.6 Å². The Bertz CT molecular complexity index is 1640. The number of thiazole rings is 2. The maximum atomic E-state index is 13.7. The number of aromatic nitrogens is 2. The van der Waals surface area contributed by atoms with Gasteiger partial charge in [-0.1, -0.05) is 58.0 Å². The van der Waals surface area contributed by atoms with Gasteiger partial charge in [0.05, 0.1) is 24.8 Å². The number of nitrogens with zero attached hydrogens (tertiary/aromatic N) is 4. The largest absolute Gasteiger partial charge is 0.345 e. The van der Waals surface area contributed by atoms with E-state index in [2.05, 4.69) is 40.1 Å². The highest BCUT2D eigenvalue weighted by Gasteiger charge is 2.31. The van der Waals surface area contributed by atoms with E-state index >= 15 is 0 Å². The second-order valence-electron chi connectivity index (χ2n) is 13.3. The van der Waals surface area contributed by atoms with Gasteiger partial charge in [-0.15, -0.1) is 22.7 Å². The molecule has 5 amide bonds. The lowest BCUT2D eigenvalue weighted by molar-refractivity contribution is -0.136. The van der Waals surface area contributed by atoms with Crippen LogP contribution in [0.1, 0.15) is 85.3 Å². The Balaban J connectivity index is 1.66. The fraction of sp³-hybridized carbons (Fsp3) is 0.514. The number of hydrogen-bond donors (Lipinski definition) is 4. The molecule has 3 aromatic rings. The SMILES string of the molecule is CC(C)c1csc(CN2CCN(C)C(=O)[C@@H](C)NC(=O)[C@H](C(C)C)NC(=O)[C@H](C)NC(=O)c3csc(n3)[C@H](Cc3ccccc3)NC(=O)C2)n1. The minimum Gasteiger partial charge on any atom is -0.345 e. The first-order valence-electron chi connectivity index (χ1n) is 16.8. The minimum atomic E-state index is -0.985. The number of rotatable bonds is 6. The maximum Gasteiger partial charge on any atom is 0.271 e. The minimum absolute atomic E-state index is 0.0241. The van der Waals surface area contributed by atoms with Crippen molar-refractivity contribution < 1.29 is 24.0 Å². The van der Waals surface area contributed by atoms with Crippen LogP contribution < -0.4 is 21.3 Å². The number of benzene rings is 1. The molecule has 15 heteroatoms. The quantitative estimate of drug-likeness (QED) is 0.302. The van der Waals surface area contributed by atoms with Crippen molar-refractivity contribution in [3.63, 3.8) is 0 Å². The fourth-order valence-corrected chi connectivity index (χ4v) is 7.21. The Morgan fingerprint density at radius 1 is 0.840 bits per heavy atom. The van der Waals surface area contributed by atoms with Crippen molar-refractivity contribution in [1.29, 1.82) is 0 Å². The van der Waals surface area contributed by atoms with Crippen LogP contribution in [0.3, 0.4) is 0 Å². The lowest BCUT2D eigenvalue weighted by Gasteiger charge is -2.28. The number of nitrogens with one attached hydrogen (secondary N) is 4. The summed E-state index contributed by atoms with van der Waals surface area (Å²) in [5, 5.41) is 16.3. The van der Waals surface area contributed by atoms with Crippen LogP contribution in [0.15, 0.2) is 41.1 Å². The molecular formula is C35H48N8O5S2. The van der Waals surface area contributed by atoms with Crippen LogP contribution in [-0.4, -0.2) is 94.1 Å². The molecule has 0 radical (unpaired) electrons. The second-order valence-corrected chi connectivity index (χ2v) is 15.2. The summed E-state index contributed by atoms with van der Waals surface area (Å²) in [6, 6.07) is 6.35. The van der Waals surface area contributed by atoms with Gasteiger partial charge in [0.15, 0.2) is 0 Å². The van der Waals surface area contributed by atoms with E-state index in [1.54, 1.807) is 33.2 Å². The first kappa shape index (κ1) is 38.6. The average Bonchev–Trinajstić information content (AvgIpc) is 3.76. The second kappa shape index (κ2) is 17.6. The molecule has 0 unspecified atom stereocenters. The summed E-state index contributed by atoms with van der Waals surface area (Å²) < 4.78 is 0. The van der Waals surface area contributed by atoms with Crippen molar-refractivity contribution in [2.75, 3.05) is 26.7 Å². The maximum absolute atomic E-state index is 13.7. The van der Waals surface area contributed by atoms with Crippen molar-refractivity contribution in [1.82, 2.24) is 41.0 Å². The third-order valence-corrected chi connectivity index (χ3v) is 10.2. The van der Waals surface area contributed by atoms with Crippen molar-refractivity contribution in [3.05, 3.63) is 68.1 Å². The van der Waals surface area contributed by atoms with Crippen molar-refractivity contribution in [2.45, 2.75) is 84.6 Å². The summed E-state index contributed by atoms with van der Waals surface area (Å²) in [4.78, 5) is 79.6. The van der Waals surface area contributed by atoms with Gasteiger partial charge in [0.25, 0.3) is 5.91 Å². The van der Waals surface area contributed by atoms with Crippen LogP contribution in [0, 0.1) is 5.92 Å². The van der Waals surface area contributed by atoms with E-state index in [1.165, 1.54) is 34.5 Å². The summed E-state index contributed by atoms with van der Waals surface area (Å²) in [7, 11) is 1.65. The van der Waals surface area contributed by atoms with E-state index in [4.69, 9.17) is 4.98 Å². The van der Waals surface area contributed by atoms with Crippen LogP contribution in [0.25, 0.3) is 0 Å². The molecule has 0 saturated carbocycles. The molecule has 0 saturated heterocycles. The van der Waals surface area contributed by atoms with Crippen molar-refractivity contribution in [3.8, 4) is 0 Å².